The van der Waals surface area contributed by atoms with Crippen molar-refractivity contribution in [1.82, 2.24) is 25.2 Å². The zero-order valence-electron chi connectivity index (χ0n) is 20.3. The average Bonchev–Trinajstić information content (AvgIpc) is 3.59. The molecule has 2 heterocycles. The molecule has 8 nitrogen and oxygen atoms in total. The van der Waals surface area contributed by atoms with Crippen LogP contribution in [-0.4, -0.2) is 51.0 Å². The van der Waals surface area contributed by atoms with Gasteiger partial charge in [-0.2, -0.15) is 0 Å². The molecule has 0 bridgehead atoms. The maximum atomic E-state index is 13.9. The molecule has 1 fully saturated rings. The number of nitrogens with one attached hydrogen (secondary N) is 1. The Morgan fingerprint density at radius 3 is 2.57 bits per heavy atom. The van der Waals surface area contributed by atoms with E-state index in [1.165, 1.54) is 21.7 Å². The van der Waals surface area contributed by atoms with Crippen LogP contribution in [0.25, 0.3) is 11.0 Å². The van der Waals surface area contributed by atoms with Crippen LogP contribution in [-0.2, 0) is 27.4 Å². The number of carbonyl (C=O) groups is 2. The highest BCUT2D eigenvalue weighted by Gasteiger charge is 2.32. The van der Waals surface area contributed by atoms with E-state index in [0.29, 0.717) is 29.8 Å². The number of ether oxygens (including phenoxy) is 1. The molecule has 5 rings (SSSR count). The Hall–Kier alpha value is -4.11. The van der Waals surface area contributed by atoms with Gasteiger partial charge in [0.25, 0.3) is 0 Å². The molecule has 0 saturated carbocycles. The van der Waals surface area contributed by atoms with Gasteiger partial charge in [0.05, 0.1) is 11.6 Å². The van der Waals surface area contributed by atoms with Crippen LogP contribution in [0.4, 0.5) is 4.39 Å². The van der Waals surface area contributed by atoms with Crippen LogP contribution >= 0.6 is 0 Å². The Morgan fingerprint density at radius 2 is 1.81 bits per heavy atom. The van der Waals surface area contributed by atoms with Crippen LogP contribution in [0.3, 0.4) is 0 Å². The summed E-state index contributed by atoms with van der Waals surface area (Å²) in [6.07, 6.45) is 1.81. The molecule has 190 valence electrons. The summed E-state index contributed by atoms with van der Waals surface area (Å²) in [6.45, 7) is 1.06. The Bertz CT molecular complexity index is 1350. The highest BCUT2D eigenvalue weighted by molar-refractivity contribution is 5.89. The second-order valence-corrected chi connectivity index (χ2v) is 9.08. The number of carbonyl (C=O) groups excluding carboxylic acids is 2. The molecule has 0 spiro atoms. The predicted octanol–water partition coefficient (Wildman–Crippen LogP) is 3.64. The number of benzene rings is 3. The number of halogens is 1. The van der Waals surface area contributed by atoms with Crippen LogP contribution in [0.15, 0.2) is 78.9 Å². The Morgan fingerprint density at radius 1 is 1.05 bits per heavy atom. The van der Waals surface area contributed by atoms with Crippen LogP contribution in [0, 0.1) is 5.82 Å². The lowest BCUT2D eigenvalue weighted by Crippen LogP contribution is -2.46. The maximum Gasteiger partial charge on any atom is 0.247 e. The summed E-state index contributed by atoms with van der Waals surface area (Å²) < 4.78 is 20.8. The SMILES string of the molecule is O=C(NC[C@H]1CCCO1)[C@H](c1ccccc1)N(Cc1ccc(F)cc1)C(=O)Cn1nnc2ccccc21. The van der Waals surface area contributed by atoms with E-state index in [4.69, 9.17) is 4.74 Å². The highest BCUT2D eigenvalue weighted by Crippen LogP contribution is 2.25. The summed E-state index contributed by atoms with van der Waals surface area (Å²) in [5.74, 6) is -0.994. The van der Waals surface area contributed by atoms with Crippen molar-refractivity contribution in [3.05, 3.63) is 95.8 Å². The number of hydrogen-bond donors (Lipinski definition) is 1. The molecule has 1 N–H and O–H groups in total. The third kappa shape index (κ3) is 5.83. The van der Waals surface area contributed by atoms with Gasteiger partial charge in [0, 0.05) is 19.7 Å². The first-order valence-corrected chi connectivity index (χ1v) is 12.3. The number of hydrogen-bond acceptors (Lipinski definition) is 5. The summed E-state index contributed by atoms with van der Waals surface area (Å²) in [5, 5.41) is 11.3. The van der Waals surface area contributed by atoms with Crippen LogP contribution < -0.4 is 5.32 Å². The number of para-hydroxylation sites is 1. The van der Waals surface area contributed by atoms with E-state index in [1.54, 1.807) is 12.1 Å². The Labute approximate surface area is 214 Å². The number of fused-ring (bicyclic) bond motifs is 1. The van der Waals surface area contributed by atoms with Gasteiger partial charge in [0.1, 0.15) is 23.9 Å². The Balaban J connectivity index is 1.47. The van der Waals surface area contributed by atoms with Crippen molar-refractivity contribution >= 4 is 22.8 Å². The first kappa shape index (κ1) is 24.6. The molecule has 4 aromatic rings. The Kier molecular flexibility index (Phi) is 7.51. The van der Waals surface area contributed by atoms with E-state index < -0.39 is 6.04 Å². The van der Waals surface area contributed by atoms with Gasteiger partial charge < -0.3 is 15.0 Å². The van der Waals surface area contributed by atoms with Crippen molar-refractivity contribution < 1.29 is 18.7 Å². The lowest BCUT2D eigenvalue weighted by molar-refractivity contribution is -0.142. The number of nitrogens with zero attached hydrogens (tertiary/aromatic N) is 4. The van der Waals surface area contributed by atoms with Gasteiger partial charge in [-0.3, -0.25) is 9.59 Å². The van der Waals surface area contributed by atoms with Crippen molar-refractivity contribution in [2.24, 2.45) is 0 Å². The van der Waals surface area contributed by atoms with Gasteiger partial charge in [0.15, 0.2) is 0 Å². The standard InChI is InChI=1S/C28H28FN5O3/c29-22-14-12-20(13-15-22)18-33(26(35)19-34-25-11-5-4-10-24(25)31-32-34)27(21-7-2-1-3-8-21)28(36)30-17-23-9-6-16-37-23/h1-5,7-8,10-15,23,27H,6,9,16-19H2,(H,30,36)/t23-,27+/m1/s1. The zero-order valence-corrected chi connectivity index (χ0v) is 20.3. The summed E-state index contributed by atoms with van der Waals surface area (Å²) in [5.41, 5.74) is 2.77. The van der Waals surface area contributed by atoms with E-state index >= 15 is 0 Å². The summed E-state index contributed by atoms with van der Waals surface area (Å²) >= 11 is 0. The molecule has 2 atom stereocenters. The largest absolute Gasteiger partial charge is 0.376 e. The normalized spacial score (nSPS) is 16.0. The third-order valence-corrected chi connectivity index (χ3v) is 6.50. The quantitative estimate of drug-likeness (QED) is 0.378. The van der Waals surface area contributed by atoms with Gasteiger partial charge in [-0.15, -0.1) is 5.10 Å². The maximum absolute atomic E-state index is 13.9. The summed E-state index contributed by atoms with van der Waals surface area (Å²) in [6, 6.07) is 21.6. The van der Waals surface area contributed by atoms with E-state index in [-0.39, 0.29) is 36.8 Å². The lowest BCUT2D eigenvalue weighted by atomic mass is 10.0. The molecule has 1 aliphatic heterocycles. The van der Waals surface area contributed by atoms with E-state index in [1.807, 2.05) is 54.6 Å². The predicted molar refractivity (Wildman–Crippen MR) is 136 cm³/mol. The third-order valence-electron chi connectivity index (χ3n) is 6.50. The van der Waals surface area contributed by atoms with Crippen LogP contribution in [0.5, 0.6) is 0 Å². The zero-order chi connectivity index (χ0) is 25.6. The minimum Gasteiger partial charge on any atom is -0.376 e. The van der Waals surface area contributed by atoms with Gasteiger partial charge in [-0.25, -0.2) is 9.07 Å². The van der Waals surface area contributed by atoms with Crippen LogP contribution in [0.1, 0.15) is 30.0 Å². The van der Waals surface area contributed by atoms with Crippen molar-refractivity contribution in [1.29, 1.82) is 0 Å². The molecule has 0 radical (unpaired) electrons. The summed E-state index contributed by atoms with van der Waals surface area (Å²) in [4.78, 5) is 29.0. The highest BCUT2D eigenvalue weighted by atomic mass is 19.1. The number of rotatable bonds is 9. The molecular weight excluding hydrogens is 473 g/mol. The summed E-state index contributed by atoms with van der Waals surface area (Å²) in [7, 11) is 0. The van der Waals surface area contributed by atoms with E-state index in [0.717, 1.165) is 18.4 Å². The van der Waals surface area contributed by atoms with Gasteiger partial charge in [0.2, 0.25) is 11.8 Å². The lowest BCUT2D eigenvalue weighted by Gasteiger charge is -2.32. The molecule has 9 heteroatoms. The van der Waals surface area contributed by atoms with E-state index in [2.05, 4.69) is 15.6 Å². The average molecular weight is 502 g/mol. The van der Waals surface area contributed by atoms with Crippen molar-refractivity contribution in [3.8, 4) is 0 Å². The van der Waals surface area contributed by atoms with E-state index in [9.17, 15) is 14.0 Å². The molecule has 1 aliphatic rings. The molecule has 2 amide bonds. The van der Waals surface area contributed by atoms with Gasteiger partial charge in [-0.05, 0) is 48.2 Å². The second-order valence-electron chi connectivity index (χ2n) is 9.08. The fraction of sp³-hybridized carbons (Fsp3) is 0.286. The minimum atomic E-state index is -0.907. The molecule has 1 saturated heterocycles. The topological polar surface area (TPSA) is 89.4 Å². The monoisotopic (exact) mass is 501 g/mol. The van der Waals surface area contributed by atoms with Gasteiger partial charge >= 0.3 is 0 Å². The second kappa shape index (κ2) is 11.3. The number of amides is 2. The fourth-order valence-electron chi connectivity index (χ4n) is 4.59. The number of aromatic nitrogens is 3. The first-order chi connectivity index (χ1) is 18.1. The van der Waals surface area contributed by atoms with Crippen LogP contribution in [0.2, 0.25) is 0 Å². The molecular formula is C28H28FN5O3. The molecule has 3 aromatic carbocycles. The van der Waals surface area contributed by atoms with Crippen molar-refractivity contribution in [2.45, 2.75) is 38.1 Å². The molecule has 0 unspecified atom stereocenters. The fourth-order valence-corrected chi connectivity index (χ4v) is 4.59. The molecule has 37 heavy (non-hydrogen) atoms. The minimum absolute atomic E-state index is 0.0388. The molecule has 1 aromatic heterocycles. The molecule has 0 aliphatic carbocycles. The van der Waals surface area contributed by atoms with Crippen molar-refractivity contribution in [3.63, 3.8) is 0 Å². The van der Waals surface area contributed by atoms with Crippen molar-refractivity contribution in [2.75, 3.05) is 13.2 Å². The first-order valence-electron chi connectivity index (χ1n) is 12.3. The van der Waals surface area contributed by atoms with Gasteiger partial charge in [-0.1, -0.05) is 59.8 Å². The smallest absolute Gasteiger partial charge is 0.247 e.